The predicted octanol–water partition coefficient (Wildman–Crippen LogP) is 7.16. The fourth-order valence-corrected chi connectivity index (χ4v) is 5.76. The summed E-state index contributed by atoms with van der Waals surface area (Å²) in [5.41, 5.74) is 2.07. The van der Waals surface area contributed by atoms with Crippen LogP contribution in [0.1, 0.15) is 50.9 Å². The first-order valence-corrected chi connectivity index (χ1v) is 14.2. The fraction of sp³-hybridized carbons (Fsp3) is 0.138. The molecule has 0 aliphatic heterocycles. The van der Waals surface area contributed by atoms with Crippen LogP contribution in [0.3, 0.4) is 0 Å². The molecule has 192 valence electrons. The van der Waals surface area contributed by atoms with Gasteiger partial charge in [0.05, 0.1) is 39.2 Å². The number of nitrogens with zero attached hydrogens (tertiary/aromatic N) is 1. The maximum absolute atomic E-state index is 13.1. The van der Waals surface area contributed by atoms with Gasteiger partial charge in [0.2, 0.25) is 5.78 Å². The number of carboxylic acid groups (broad SMARTS) is 1. The van der Waals surface area contributed by atoms with Crippen LogP contribution in [0.2, 0.25) is 5.02 Å². The van der Waals surface area contributed by atoms with Gasteiger partial charge in [0.15, 0.2) is 0 Å². The van der Waals surface area contributed by atoms with Crippen molar-refractivity contribution in [2.24, 2.45) is 5.92 Å². The maximum Gasteiger partial charge on any atom is 0.336 e. The highest BCUT2D eigenvalue weighted by molar-refractivity contribution is 9.10. The molecule has 6 nitrogen and oxygen atoms in total. The molecule has 5 rings (SSSR count). The number of aromatic carboxylic acids is 1. The molecular formula is C29H22BrClN2O4S. The van der Waals surface area contributed by atoms with Gasteiger partial charge < -0.3 is 10.4 Å². The summed E-state index contributed by atoms with van der Waals surface area (Å²) in [6.07, 6.45) is 3.88. The number of anilines is 1. The molecule has 1 heterocycles. The minimum atomic E-state index is -1.72. The van der Waals surface area contributed by atoms with E-state index in [1.165, 1.54) is 18.2 Å². The molecule has 2 N–H and O–H groups in total. The Balaban J connectivity index is 1.35. The van der Waals surface area contributed by atoms with Crippen molar-refractivity contribution in [3.05, 3.63) is 117 Å². The SMILES string of the molecule is O=C(c1ccc(S(=O)c2ccc(Br)cc2)c(C(=O)O)c1)c1ccc(NC(c2ccc(Cl)cc2)C2CC2)cn1. The van der Waals surface area contributed by atoms with Crippen molar-refractivity contribution < 1.29 is 18.9 Å². The molecule has 0 bridgehead atoms. The molecule has 1 aromatic heterocycles. The quantitative estimate of drug-likeness (QED) is 0.196. The van der Waals surface area contributed by atoms with Crippen LogP contribution in [-0.4, -0.2) is 26.1 Å². The fourth-order valence-electron chi connectivity index (χ4n) is 4.20. The Morgan fingerprint density at radius 3 is 2.32 bits per heavy atom. The maximum atomic E-state index is 13.1. The number of aromatic nitrogens is 1. The number of carbonyl (C=O) groups is 2. The number of nitrogens with one attached hydrogen (secondary N) is 1. The number of hydrogen-bond donors (Lipinski definition) is 2. The van der Waals surface area contributed by atoms with Crippen LogP contribution in [0, 0.1) is 5.92 Å². The first-order chi connectivity index (χ1) is 18.3. The molecule has 3 aromatic carbocycles. The number of halogens is 2. The van der Waals surface area contributed by atoms with Crippen LogP contribution in [0.4, 0.5) is 5.69 Å². The Hall–Kier alpha value is -3.33. The smallest absolute Gasteiger partial charge is 0.336 e. The van der Waals surface area contributed by atoms with E-state index in [9.17, 15) is 18.9 Å². The summed E-state index contributed by atoms with van der Waals surface area (Å²) in [5.74, 6) is -1.16. The van der Waals surface area contributed by atoms with E-state index in [1.54, 1.807) is 42.6 Å². The Bertz CT molecular complexity index is 1520. The minimum absolute atomic E-state index is 0.118. The van der Waals surface area contributed by atoms with Crippen LogP contribution in [-0.2, 0) is 10.8 Å². The van der Waals surface area contributed by atoms with Crippen molar-refractivity contribution >= 4 is 55.8 Å². The van der Waals surface area contributed by atoms with Gasteiger partial charge in [-0.3, -0.25) is 9.78 Å². The molecule has 4 aromatic rings. The van der Waals surface area contributed by atoms with E-state index >= 15 is 0 Å². The van der Waals surface area contributed by atoms with Crippen LogP contribution in [0.15, 0.2) is 99.3 Å². The summed E-state index contributed by atoms with van der Waals surface area (Å²) in [4.78, 5) is 30.0. The Kier molecular flexibility index (Phi) is 7.74. The standard InChI is InChI=1S/C29H22BrClN2O4S/c30-20-6-11-23(12-7-20)38(37)26-14-5-19(15-24(26)29(35)36)28(34)25-13-10-22(16-32-25)33-27(17-1-2-17)18-3-8-21(31)9-4-18/h3-17,27,33H,1-2H2,(H,35,36). The zero-order valence-corrected chi connectivity index (χ0v) is 23.1. The van der Waals surface area contributed by atoms with Crippen LogP contribution >= 0.6 is 27.5 Å². The summed E-state index contributed by atoms with van der Waals surface area (Å²) in [6.45, 7) is 0. The second kappa shape index (κ2) is 11.2. The number of pyridine rings is 1. The Morgan fingerprint density at radius 1 is 1.00 bits per heavy atom. The van der Waals surface area contributed by atoms with Crippen LogP contribution in [0.25, 0.3) is 0 Å². The lowest BCUT2D eigenvalue weighted by molar-refractivity contribution is 0.0693. The second-order valence-electron chi connectivity index (χ2n) is 9.01. The van der Waals surface area contributed by atoms with Gasteiger partial charge in [0.25, 0.3) is 0 Å². The summed E-state index contributed by atoms with van der Waals surface area (Å²) >= 11 is 9.37. The highest BCUT2D eigenvalue weighted by Crippen LogP contribution is 2.43. The lowest BCUT2D eigenvalue weighted by Crippen LogP contribution is -2.14. The zero-order chi connectivity index (χ0) is 26.8. The van der Waals surface area contributed by atoms with Gasteiger partial charge in [-0.2, -0.15) is 0 Å². The van der Waals surface area contributed by atoms with E-state index in [1.807, 2.05) is 24.3 Å². The first-order valence-electron chi connectivity index (χ1n) is 11.9. The van der Waals surface area contributed by atoms with Gasteiger partial charge in [-0.15, -0.1) is 0 Å². The zero-order valence-electron chi connectivity index (χ0n) is 19.9. The number of hydrogen-bond acceptors (Lipinski definition) is 5. The molecule has 0 spiro atoms. The highest BCUT2D eigenvalue weighted by Gasteiger charge is 2.32. The average Bonchev–Trinajstić information content (AvgIpc) is 3.77. The molecule has 9 heteroatoms. The lowest BCUT2D eigenvalue weighted by Gasteiger charge is -2.20. The van der Waals surface area contributed by atoms with Gasteiger partial charge in [-0.1, -0.05) is 39.7 Å². The third kappa shape index (κ3) is 5.88. The molecule has 2 atom stereocenters. The summed E-state index contributed by atoms with van der Waals surface area (Å²) in [6, 6.07) is 22.3. The highest BCUT2D eigenvalue weighted by atomic mass is 79.9. The number of carboxylic acids is 1. The van der Waals surface area contributed by atoms with Crippen LogP contribution in [0.5, 0.6) is 0 Å². The van der Waals surface area contributed by atoms with Crippen molar-refractivity contribution in [1.82, 2.24) is 4.98 Å². The van der Waals surface area contributed by atoms with E-state index in [0.717, 1.165) is 28.6 Å². The van der Waals surface area contributed by atoms with Crippen LogP contribution < -0.4 is 5.32 Å². The molecule has 2 unspecified atom stereocenters. The van der Waals surface area contributed by atoms with E-state index in [0.29, 0.717) is 15.8 Å². The topological polar surface area (TPSA) is 96.4 Å². The molecule has 1 aliphatic rings. The molecule has 1 aliphatic carbocycles. The van der Waals surface area contributed by atoms with Crippen molar-refractivity contribution in [3.63, 3.8) is 0 Å². The lowest BCUT2D eigenvalue weighted by atomic mass is 10.0. The molecular weight excluding hydrogens is 588 g/mol. The van der Waals surface area contributed by atoms with Crippen molar-refractivity contribution in [2.75, 3.05) is 5.32 Å². The second-order valence-corrected chi connectivity index (χ2v) is 11.8. The number of rotatable bonds is 9. The van der Waals surface area contributed by atoms with Gasteiger partial charge in [-0.05, 0) is 91.1 Å². The molecule has 38 heavy (non-hydrogen) atoms. The largest absolute Gasteiger partial charge is 0.478 e. The molecule has 0 radical (unpaired) electrons. The summed E-state index contributed by atoms with van der Waals surface area (Å²) < 4.78 is 13.9. The number of ketones is 1. The number of carbonyl (C=O) groups excluding carboxylic acids is 1. The number of benzene rings is 3. The third-order valence-corrected chi connectivity index (χ3v) is 8.58. The van der Waals surface area contributed by atoms with E-state index in [2.05, 4.69) is 26.2 Å². The minimum Gasteiger partial charge on any atom is -0.478 e. The van der Waals surface area contributed by atoms with E-state index < -0.39 is 22.6 Å². The average molecular weight is 610 g/mol. The van der Waals surface area contributed by atoms with Gasteiger partial charge >= 0.3 is 5.97 Å². The van der Waals surface area contributed by atoms with Crippen molar-refractivity contribution in [1.29, 1.82) is 0 Å². The third-order valence-electron chi connectivity index (χ3n) is 6.34. The molecule has 0 amide bonds. The van der Waals surface area contributed by atoms with Gasteiger partial charge in [-0.25, -0.2) is 9.00 Å². The van der Waals surface area contributed by atoms with Crippen molar-refractivity contribution in [3.8, 4) is 0 Å². The van der Waals surface area contributed by atoms with Gasteiger partial charge in [0, 0.05) is 20.0 Å². The molecule has 0 saturated heterocycles. The summed E-state index contributed by atoms with van der Waals surface area (Å²) in [7, 11) is -1.72. The van der Waals surface area contributed by atoms with E-state index in [-0.39, 0.29) is 27.8 Å². The van der Waals surface area contributed by atoms with Gasteiger partial charge in [0.1, 0.15) is 5.69 Å². The van der Waals surface area contributed by atoms with Crippen molar-refractivity contribution in [2.45, 2.75) is 28.7 Å². The normalized spacial score (nSPS) is 14.5. The first kappa shape index (κ1) is 26.3. The Morgan fingerprint density at radius 2 is 1.71 bits per heavy atom. The summed E-state index contributed by atoms with van der Waals surface area (Å²) in [5, 5.41) is 14.0. The molecule has 1 fully saturated rings. The Labute approximate surface area is 235 Å². The monoisotopic (exact) mass is 608 g/mol. The van der Waals surface area contributed by atoms with E-state index in [4.69, 9.17) is 11.6 Å². The predicted molar refractivity (Wildman–Crippen MR) is 150 cm³/mol. The molecule has 1 saturated carbocycles.